The highest BCUT2D eigenvalue weighted by Crippen LogP contribution is 2.18. The number of benzene rings is 2. The average molecular weight is 325 g/mol. The van der Waals surface area contributed by atoms with Gasteiger partial charge in [0, 0.05) is 5.56 Å². The molecule has 4 heteroatoms. The molecule has 24 heavy (non-hydrogen) atoms. The molecule has 0 aliphatic carbocycles. The van der Waals surface area contributed by atoms with Crippen LogP contribution in [0.1, 0.15) is 12.5 Å². The van der Waals surface area contributed by atoms with E-state index in [-0.39, 0.29) is 6.09 Å². The van der Waals surface area contributed by atoms with Gasteiger partial charge in [0.25, 0.3) is 0 Å². The SMILES string of the molecule is CCOC(=O)N1CC[NH+](Cc2ccc(-c3ccccc3)cc2)CC1. The zero-order chi connectivity index (χ0) is 16.8. The third kappa shape index (κ3) is 4.15. The van der Waals surface area contributed by atoms with Crippen molar-refractivity contribution in [2.45, 2.75) is 13.5 Å². The van der Waals surface area contributed by atoms with Crippen LogP contribution in [0.4, 0.5) is 4.79 Å². The Balaban J connectivity index is 1.53. The van der Waals surface area contributed by atoms with Gasteiger partial charge in [-0.25, -0.2) is 4.79 Å². The standard InChI is InChI=1S/C20H24N2O2/c1-2-24-20(23)22-14-12-21(13-15-22)16-17-8-10-19(11-9-17)18-6-4-3-5-7-18/h3-11H,2,12-16H2,1H3/p+1. The van der Waals surface area contributed by atoms with E-state index in [0.717, 1.165) is 32.7 Å². The Morgan fingerprint density at radius 3 is 2.25 bits per heavy atom. The third-order valence-corrected chi connectivity index (χ3v) is 4.51. The number of nitrogens with one attached hydrogen (secondary N) is 1. The molecule has 0 atom stereocenters. The highest BCUT2D eigenvalue weighted by molar-refractivity contribution is 5.67. The summed E-state index contributed by atoms with van der Waals surface area (Å²) in [7, 11) is 0. The number of piperazine rings is 1. The number of rotatable bonds is 4. The summed E-state index contributed by atoms with van der Waals surface area (Å²) in [5, 5.41) is 0. The van der Waals surface area contributed by atoms with Crippen molar-refractivity contribution in [1.29, 1.82) is 0 Å². The van der Waals surface area contributed by atoms with Crippen LogP contribution in [0.15, 0.2) is 54.6 Å². The normalized spacial score (nSPS) is 15.3. The first kappa shape index (κ1) is 16.5. The molecule has 0 saturated carbocycles. The lowest BCUT2D eigenvalue weighted by Gasteiger charge is -2.31. The van der Waals surface area contributed by atoms with Crippen molar-refractivity contribution < 1.29 is 14.4 Å². The van der Waals surface area contributed by atoms with E-state index in [9.17, 15) is 4.79 Å². The highest BCUT2D eigenvalue weighted by atomic mass is 16.6. The van der Waals surface area contributed by atoms with E-state index in [0.29, 0.717) is 6.61 Å². The van der Waals surface area contributed by atoms with Gasteiger partial charge in [-0.15, -0.1) is 0 Å². The maximum Gasteiger partial charge on any atom is 0.410 e. The fourth-order valence-electron chi connectivity index (χ4n) is 3.13. The van der Waals surface area contributed by atoms with Gasteiger partial charge >= 0.3 is 6.09 Å². The molecule has 126 valence electrons. The maximum atomic E-state index is 11.7. The number of hydrogen-bond acceptors (Lipinski definition) is 2. The van der Waals surface area contributed by atoms with Crippen LogP contribution in [0, 0.1) is 0 Å². The molecule has 1 heterocycles. The first-order valence-electron chi connectivity index (χ1n) is 8.66. The molecular weight excluding hydrogens is 300 g/mol. The van der Waals surface area contributed by atoms with E-state index in [4.69, 9.17) is 4.74 Å². The summed E-state index contributed by atoms with van der Waals surface area (Å²) >= 11 is 0. The van der Waals surface area contributed by atoms with Gasteiger partial charge in [0.15, 0.2) is 0 Å². The Hall–Kier alpha value is -2.33. The summed E-state index contributed by atoms with van der Waals surface area (Å²) in [6.07, 6.45) is -0.177. The van der Waals surface area contributed by atoms with E-state index in [1.807, 2.05) is 17.9 Å². The van der Waals surface area contributed by atoms with Gasteiger partial charge in [0.2, 0.25) is 0 Å². The summed E-state index contributed by atoms with van der Waals surface area (Å²) in [6.45, 7) is 6.79. The quantitative estimate of drug-likeness (QED) is 0.935. The molecule has 1 N–H and O–H groups in total. The van der Waals surface area contributed by atoms with Crippen LogP contribution in [0.3, 0.4) is 0 Å². The Labute approximate surface area is 143 Å². The van der Waals surface area contributed by atoms with Gasteiger partial charge in [-0.05, 0) is 18.1 Å². The van der Waals surface area contributed by atoms with E-state index in [1.165, 1.54) is 21.6 Å². The van der Waals surface area contributed by atoms with Crippen LogP contribution < -0.4 is 4.90 Å². The Morgan fingerprint density at radius 2 is 1.62 bits per heavy atom. The fraction of sp³-hybridized carbons (Fsp3) is 0.350. The number of carbonyl (C=O) groups is 1. The van der Waals surface area contributed by atoms with Gasteiger partial charge in [-0.1, -0.05) is 54.6 Å². The van der Waals surface area contributed by atoms with Crippen molar-refractivity contribution in [2.24, 2.45) is 0 Å². The predicted octanol–water partition coefficient (Wildman–Crippen LogP) is 2.21. The van der Waals surface area contributed by atoms with Crippen LogP contribution in [0.2, 0.25) is 0 Å². The second-order valence-electron chi connectivity index (χ2n) is 6.18. The van der Waals surface area contributed by atoms with Crippen LogP contribution in [-0.4, -0.2) is 43.8 Å². The number of ether oxygens (including phenoxy) is 1. The molecule has 0 unspecified atom stereocenters. The molecule has 1 aliphatic heterocycles. The van der Waals surface area contributed by atoms with Gasteiger partial charge in [0.1, 0.15) is 6.54 Å². The van der Waals surface area contributed by atoms with E-state index in [2.05, 4.69) is 48.5 Å². The minimum Gasteiger partial charge on any atom is -0.450 e. The topological polar surface area (TPSA) is 34.0 Å². The van der Waals surface area contributed by atoms with E-state index < -0.39 is 0 Å². The minimum absolute atomic E-state index is 0.177. The number of nitrogens with zero attached hydrogens (tertiary/aromatic N) is 1. The lowest BCUT2D eigenvalue weighted by Crippen LogP contribution is -3.13. The molecule has 3 rings (SSSR count). The molecule has 0 aromatic heterocycles. The van der Waals surface area contributed by atoms with Crippen LogP contribution >= 0.6 is 0 Å². The number of amides is 1. The molecule has 0 bridgehead atoms. The third-order valence-electron chi connectivity index (χ3n) is 4.51. The second kappa shape index (κ2) is 7.97. The molecule has 1 saturated heterocycles. The molecule has 0 radical (unpaired) electrons. The molecule has 2 aromatic carbocycles. The second-order valence-corrected chi connectivity index (χ2v) is 6.18. The summed E-state index contributed by atoms with van der Waals surface area (Å²) in [5.41, 5.74) is 3.84. The summed E-state index contributed by atoms with van der Waals surface area (Å²) in [4.78, 5) is 15.1. The molecule has 0 spiro atoms. The molecular formula is C20H25N2O2+. The van der Waals surface area contributed by atoms with Gasteiger partial charge in [0.05, 0.1) is 32.8 Å². The monoisotopic (exact) mass is 325 g/mol. The number of hydrogen-bond donors (Lipinski definition) is 1. The van der Waals surface area contributed by atoms with Crippen LogP contribution in [0.25, 0.3) is 11.1 Å². The zero-order valence-corrected chi connectivity index (χ0v) is 14.2. The molecule has 1 amide bonds. The maximum absolute atomic E-state index is 11.7. The number of carbonyl (C=O) groups excluding carboxylic acids is 1. The predicted molar refractivity (Wildman–Crippen MR) is 94.9 cm³/mol. The Morgan fingerprint density at radius 1 is 1.00 bits per heavy atom. The summed E-state index contributed by atoms with van der Waals surface area (Å²) in [5.74, 6) is 0. The lowest BCUT2D eigenvalue weighted by molar-refractivity contribution is -0.917. The minimum atomic E-state index is -0.177. The molecule has 4 nitrogen and oxygen atoms in total. The van der Waals surface area contributed by atoms with Crippen molar-refractivity contribution in [3.63, 3.8) is 0 Å². The van der Waals surface area contributed by atoms with Gasteiger partial charge < -0.3 is 9.64 Å². The largest absolute Gasteiger partial charge is 0.450 e. The number of quaternary nitrogens is 1. The molecule has 1 fully saturated rings. The van der Waals surface area contributed by atoms with Crippen LogP contribution in [0.5, 0.6) is 0 Å². The fourth-order valence-corrected chi connectivity index (χ4v) is 3.13. The first-order valence-corrected chi connectivity index (χ1v) is 8.66. The first-order chi connectivity index (χ1) is 11.8. The van der Waals surface area contributed by atoms with Crippen molar-refractivity contribution in [2.75, 3.05) is 32.8 Å². The average Bonchev–Trinajstić information content (AvgIpc) is 2.64. The van der Waals surface area contributed by atoms with Gasteiger partial charge in [-0.3, -0.25) is 4.90 Å². The smallest absolute Gasteiger partial charge is 0.410 e. The van der Waals surface area contributed by atoms with Crippen LogP contribution in [-0.2, 0) is 11.3 Å². The van der Waals surface area contributed by atoms with E-state index in [1.54, 1.807) is 0 Å². The van der Waals surface area contributed by atoms with Crippen molar-refractivity contribution >= 4 is 6.09 Å². The van der Waals surface area contributed by atoms with Crippen molar-refractivity contribution in [1.82, 2.24) is 4.90 Å². The highest BCUT2D eigenvalue weighted by Gasteiger charge is 2.24. The summed E-state index contributed by atoms with van der Waals surface area (Å²) in [6, 6.07) is 19.3. The Kier molecular flexibility index (Phi) is 5.49. The zero-order valence-electron chi connectivity index (χ0n) is 14.2. The lowest BCUT2D eigenvalue weighted by atomic mass is 10.0. The Bertz CT molecular complexity index is 647. The van der Waals surface area contributed by atoms with E-state index >= 15 is 0 Å². The van der Waals surface area contributed by atoms with Gasteiger partial charge in [-0.2, -0.15) is 0 Å². The molecule has 1 aliphatic rings. The molecule has 2 aromatic rings. The van der Waals surface area contributed by atoms with Crippen molar-refractivity contribution in [3.8, 4) is 11.1 Å². The summed E-state index contributed by atoms with van der Waals surface area (Å²) < 4.78 is 5.07. The van der Waals surface area contributed by atoms with Crippen molar-refractivity contribution in [3.05, 3.63) is 60.2 Å².